The van der Waals surface area contributed by atoms with Crippen molar-refractivity contribution in [1.82, 2.24) is 15.2 Å². The van der Waals surface area contributed by atoms with Crippen molar-refractivity contribution in [1.29, 1.82) is 0 Å². The van der Waals surface area contributed by atoms with Crippen molar-refractivity contribution in [3.05, 3.63) is 78.6 Å². The molecule has 0 unspecified atom stereocenters. The summed E-state index contributed by atoms with van der Waals surface area (Å²) in [6, 6.07) is 17.9. The monoisotopic (exact) mass is 575 g/mol. The molecule has 5 rings (SSSR count). The molecule has 206 valence electrons. The van der Waals surface area contributed by atoms with Gasteiger partial charge < -0.3 is 13.9 Å². The van der Waals surface area contributed by atoms with Crippen LogP contribution in [0.3, 0.4) is 0 Å². The van der Waals surface area contributed by atoms with Crippen LogP contribution in [0.15, 0.2) is 86.7 Å². The summed E-state index contributed by atoms with van der Waals surface area (Å²) in [7, 11) is -3.82. The number of furan rings is 1. The molecule has 3 heterocycles. The highest BCUT2D eigenvalue weighted by Gasteiger charge is 2.38. The van der Waals surface area contributed by atoms with Crippen molar-refractivity contribution < 1.29 is 45.1 Å². The molecule has 4 N–H and O–H groups in total. The molecule has 3 aromatic heterocycles. The van der Waals surface area contributed by atoms with Crippen LogP contribution >= 0.6 is 0 Å². The molecule has 0 saturated carbocycles. The van der Waals surface area contributed by atoms with E-state index in [-0.39, 0.29) is 16.8 Å². The number of pyridine rings is 1. The van der Waals surface area contributed by atoms with Crippen LogP contribution in [0.25, 0.3) is 33.8 Å². The summed E-state index contributed by atoms with van der Waals surface area (Å²) in [6.07, 6.45) is -3.61. The molecule has 0 radical (unpaired) electrons. The summed E-state index contributed by atoms with van der Waals surface area (Å²) < 4.78 is 65.5. The van der Waals surface area contributed by atoms with Gasteiger partial charge in [-0.15, -0.1) is 5.10 Å². The van der Waals surface area contributed by atoms with Crippen molar-refractivity contribution >= 4 is 38.8 Å². The summed E-state index contributed by atoms with van der Waals surface area (Å²) in [5, 5.41) is 23.2. The summed E-state index contributed by atoms with van der Waals surface area (Å²) in [6.45, 7) is 0. The van der Waals surface area contributed by atoms with Crippen molar-refractivity contribution in [2.75, 3.05) is 5.32 Å². The predicted octanol–water partition coefficient (Wildman–Crippen LogP) is 4.08. The SMILES string of the molecule is NS(=O)(=O)c1ccc(-c2cc(C(=O)Nc3nnc(-c4ccco4)o3)c3ccccc3n2)cc1.O=C(O)C(F)(F)F. The molecule has 40 heavy (non-hydrogen) atoms. The van der Waals surface area contributed by atoms with E-state index in [1.807, 2.05) is 0 Å². The fourth-order valence-electron chi connectivity index (χ4n) is 3.26. The molecule has 0 aliphatic rings. The number of halogens is 3. The topological polar surface area (TPSA) is 192 Å². The number of amides is 1. The van der Waals surface area contributed by atoms with Gasteiger partial charge in [0.2, 0.25) is 10.0 Å². The Labute approximate surface area is 222 Å². The number of rotatable bonds is 5. The molecule has 0 aliphatic heterocycles. The van der Waals surface area contributed by atoms with Crippen molar-refractivity contribution in [3.63, 3.8) is 0 Å². The molecule has 0 aliphatic carbocycles. The van der Waals surface area contributed by atoms with Gasteiger partial charge in [-0.2, -0.15) is 13.2 Å². The highest BCUT2D eigenvalue weighted by molar-refractivity contribution is 7.89. The number of primary sulfonamides is 1. The van der Waals surface area contributed by atoms with Crippen LogP contribution in [-0.2, 0) is 14.8 Å². The van der Waals surface area contributed by atoms with Crippen LogP contribution in [0.4, 0.5) is 19.2 Å². The average molecular weight is 575 g/mol. The smallest absolute Gasteiger partial charge is 0.475 e. The first-order chi connectivity index (χ1) is 18.8. The fourth-order valence-corrected chi connectivity index (χ4v) is 3.78. The zero-order chi connectivity index (χ0) is 29.1. The Morgan fingerprint density at radius 3 is 2.25 bits per heavy atom. The molecule has 0 saturated heterocycles. The second kappa shape index (κ2) is 11.0. The Kier molecular flexibility index (Phi) is 7.65. The van der Waals surface area contributed by atoms with Crippen molar-refractivity contribution in [2.45, 2.75) is 11.1 Å². The van der Waals surface area contributed by atoms with Gasteiger partial charge in [-0.25, -0.2) is 23.3 Å². The number of nitrogens with zero attached hydrogens (tertiary/aromatic N) is 3. The van der Waals surface area contributed by atoms with E-state index in [1.54, 1.807) is 54.6 Å². The minimum atomic E-state index is -5.08. The Bertz CT molecular complexity index is 1790. The third kappa shape index (κ3) is 6.48. The number of nitrogens with two attached hydrogens (primary N) is 1. The molecule has 2 aromatic carbocycles. The van der Waals surface area contributed by atoms with Crippen LogP contribution < -0.4 is 10.5 Å². The van der Waals surface area contributed by atoms with Crippen LogP contribution in [0.2, 0.25) is 0 Å². The summed E-state index contributed by atoms with van der Waals surface area (Å²) in [4.78, 5) is 26.6. The lowest BCUT2D eigenvalue weighted by Crippen LogP contribution is -2.21. The number of aliphatic carboxylic acids is 1. The number of para-hydroxylation sites is 1. The Morgan fingerprint density at radius 1 is 0.975 bits per heavy atom. The first-order valence-corrected chi connectivity index (χ1v) is 12.4. The molecule has 5 aromatic rings. The zero-order valence-electron chi connectivity index (χ0n) is 19.8. The minimum Gasteiger partial charge on any atom is -0.475 e. The number of carbonyl (C=O) groups is 2. The van der Waals surface area contributed by atoms with Crippen molar-refractivity contribution in [3.8, 4) is 22.9 Å². The lowest BCUT2D eigenvalue weighted by atomic mass is 10.0. The predicted molar refractivity (Wildman–Crippen MR) is 132 cm³/mol. The summed E-state index contributed by atoms with van der Waals surface area (Å²) in [5.74, 6) is -2.73. The number of carboxylic acid groups (broad SMARTS) is 1. The lowest BCUT2D eigenvalue weighted by Gasteiger charge is -2.09. The Balaban J connectivity index is 0.000000470. The second-order valence-corrected chi connectivity index (χ2v) is 9.35. The van der Waals surface area contributed by atoms with Gasteiger partial charge in [-0.3, -0.25) is 10.1 Å². The number of carbonyl (C=O) groups excluding carboxylic acids is 1. The number of benzene rings is 2. The average Bonchev–Trinajstić information content (AvgIpc) is 3.60. The Hall–Kier alpha value is -5.09. The van der Waals surface area contributed by atoms with E-state index in [0.717, 1.165) is 0 Å². The molecule has 12 nitrogen and oxygen atoms in total. The number of aromatic nitrogens is 3. The number of anilines is 1. The zero-order valence-corrected chi connectivity index (χ0v) is 20.6. The van der Waals surface area contributed by atoms with Crippen molar-refractivity contribution in [2.24, 2.45) is 5.14 Å². The van der Waals surface area contributed by atoms with Gasteiger partial charge in [-0.1, -0.05) is 35.4 Å². The lowest BCUT2D eigenvalue weighted by molar-refractivity contribution is -0.192. The highest BCUT2D eigenvalue weighted by atomic mass is 32.2. The molecule has 16 heteroatoms. The van der Waals surface area contributed by atoms with E-state index >= 15 is 0 Å². The normalized spacial score (nSPS) is 11.5. The maximum Gasteiger partial charge on any atom is 0.490 e. The largest absolute Gasteiger partial charge is 0.490 e. The maximum absolute atomic E-state index is 13.1. The Morgan fingerprint density at radius 2 is 1.65 bits per heavy atom. The van der Waals surface area contributed by atoms with E-state index in [2.05, 4.69) is 20.5 Å². The minimum absolute atomic E-state index is 0.0197. The number of fused-ring (bicyclic) bond motifs is 1. The number of carboxylic acids is 1. The summed E-state index contributed by atoms with van der Waals surface area (Å²) in [5.41, 5.74) is 1.99. The molecule has 0 atom stereocenters. The molecular weight excluding hydrogens is 559 g/mol. The number of hydrogen-bond acceptors (Lipinski definition) is 9. The number of hydrogen-bond donors (Lipinski definition) is 3. The van der Waals surface area contributed by atoms with Gasteiger partial charge in [0.1, 0.15) is 0 Å². The third-order valence-electron chi connectivity index (χ3n) is 5.06. The molecule has 0 fully saturated rings. The first-order valence-electron chi connectivity index (χ1n) is 10.8. The number of sulfonamides is 1. The van der Waals surface area contributed by atoms with Gasteiger partial charge in [-0.05, 0) is 36.4 Å². The van der Waals surface area contributed by atoms with E-state index in [0.29, 0.717) is 33.5 Å². The van der Waals surface area contributed by atoms with Crippen LogP contribution in [0.1, 0.15) is 10.4 Å². The molecule has 0 spiro atoms. The maximum atomic E-state index is 13.1. The first kappa shape index (κ1) is 27.9. The van der Waals surface area contributed by atoms with Crippen LogP contribution in [-0.4, -0.2) is 46.8 Å². The van der Waals surface area contributed by atoms with Gasteiger partial charge in [0, 0.05) is 10.9 Å². The van der Waals surface area contributed by atoms with Gasteiger partial charge in [0.15, 0.2) is 5.76 Å². The molecule has 0 bridgehead atoms. The van der Waals surface area contributed by atoms with E-state index in [9.17, 15) is 26.4 Å². The highest BCUT2D eigenvalue weighted by Crippen LogP contribution is 2.27. The van der Waals surface area contributed by atoms with E-state index < -0.39 is 28.1 Å². The fraction of sp³-hybridized carbons (Fsp3) is 0.0417. The number of nitrogens with one attached hydrogen (secondary N) is 1. The van der Waals surface area contributed by atoms with Crippen LogP contribution in [0.5, 0.6) is 0 Å². The third-order valence-corrected chi connectivity index (χ3v) is 5.99. The van der Waals surface area contributed by atoms with Gasteiger partial charge in [0.25, 0.3) is 11.8 Å². The second-order valence-electron chi connectivity index (χ2n) is 7.79. The quantitative estimate of drug-likeness (QED) is 0.275. The van der Waals surface area contributed by atoms with Gasteiger partial charge >= 0.3 is 18.2 Å². The van der Waals surface area contributed by atoms with Gasteiger partial charge in [0.05, 0.1) is 27.9 Å². The molecule has 1 amide bonds. The summed E-state index contributed by atoms with van der Waals surface area (Å²) >= 11 is 0. The van der Waals surface area contributed by atoms with E-state index in [1.165, 1.54) is 18.4 Å². The van der Waals surface area contributed by atoms with Crippen LogP contribution in [0, 0.1) is 0 Å². The number of alkyl halides is 3. The standard InChI is InChI=1S/C22H15N5O5S.C2HF3O2/c23-33(29,30)14-9-7-13(8-10-14)18-12-16(15-4-1-2-5-17(15)24-18)20(28)25-22-27-26-21(32-22)19-6-3-11-31-19;3-2(4,5)1(6)7/h1-12H,(H2,23,29,30)(H,25,27,28);(H,6,7). The molecular formula is C24H16F3N5O7S. The van der Waals surface area contributed by atoms with E-state index in [4.69, 9.17) is 23.9 Å².